The first-order chi connectivity index (χ1) is 10.0. The number of benzene rings is 1. The van der Waals surface area contributed by atoms with Crippen LogP contribution < -0.4 is 5.32 Å². The van der Waals surface area contributed by atoms with Gasteiger partial charge in [-0.05, 0) is 36.8 Å². The molecule has 0 aliphatic heterocycles. The molecule has 0 radical (unpaired) electrons. The Kier molecular flexibility index (Phi) is 5.15. The van der Waals surface area contributed by atoms with Gasteiger partial charge in [0.1, 0.15) is 17.3 Å². The van der Waals surface area contributed by atoms with Crippen molar-refractivity contribution in [1.82, 2.24) is 0 Å². The number of nitrogens with one attached hydrogen (secondary N) is 1. The number of hydrogen-bond acceptors (Lipinski definition) is 2. The van der Waals surface area contributed by atoms with Crippen LogP contribution in [0.4, 0.5) is 14.5 Å². The van der Waals surface area contributed by atoms with E-state index in [9.17, 15) is 13.6 Å². The van der Waals surface area contributed by atoms with Gasteiger partial charge in [-0.3, -0.25) is 0 Å². The van der Waals surface area contributed by atoms with Crippen molar-refractivity contribution in [3.05, 3.63) is 29.3 Å². The third kappa shape index (κ3) is 3.93. The normalized spacial score (nSPS) is 22.0. The van der Waals surface area contributed by atoms with Gasteiger partial charge in [0, 0.05) is 6.54 Å². The molecule has 116 valence electrons. The van der Waals surface area contributed by atoms with E-state index in [1.807, 2.05) is 0 Å². The Labute approximate surface area is 123 Å². The van der Waals surface area contributed by atoms with Crippen molar-refractivity contribution in [3.8, 4) is 0 Å². The van der Waals surface area contributed by atoms with E-state index in [-0.39, 0.29) is 11.3 Å². The van der Waals surface area contributed by atoms with Gasteiger partial charge in [-0.15, -0.1) is 0 Å². The summed E-state index contributed by atoms with van der Waals surface area (Å²) in [4.78, 5) is 10.7. The van der Waals surface area contributed by atoms with Gasteiger partial charge in [0.2, 0.25) is 0 Å². The lowest BCUT2D eigenvalue weighted by atomic mass is 9.81. The van der Waals surface area contributed by atoms with Crippen LogP contribution in [-0.4, -0.2) is 17.6 Å². The zero-order valence-electron chi connectivity index (χ0n) is 12.2. The molecule has 3 nitrogen and oxygen atoms in total. The number of carbonyl (C=O) groups is 1. The minimum atomic E-state index is -1.34. The summed E-state index contributed by atoms with van der Waals surface area (Å²) in [6.45, 7) is 2.72. The fourth-order valence-corrected chi connectivity index (χ4v) is 2.96. The number of halogens is 2. The average Bonchev–Trinajstić information content (AvgIpc) is 2.46. The fourth-order valence-electron chi connectivity index (χ4n) is 2.96. The highest BCUT2D eigenvalue weighted by Gasteiger charge is 2.21. The molecule has 0 amide bonds. The van der Waals surface area contributed by atoms with Gasteiger partial charge in [0.15, 0.2) is 0 Å². The zero-order chi connectivity index (χ0) is 15.4. The van der Waals surface area contributed by atoms with Crippen LogP contribution in [-0.2, 0) is 0 Å². The molecule has 1 saturated carbocycles. The Morgan fingerprint density at radius 2 is 1.71 bits per heavy atom. The molecule has 1 aromatic carbocycles. The fraction of sp³-hybridized carbons (Fsp3) is 0.562. The van der Waals surface area contributed by atoms with Gasteiger partial charge in [0.25, 0.3) is 0 Å². The summed E-state index contributed by atoms with van der Waals surface area (Å²) in [7, 11) is 0. The van der Waals surface area contributed by atoms with Crippen molar-refractivity contribution in [1.29, 1.82) is 0 Å². The van der Waals surface area contributed by atoms with Crippen LogP contribution in [0.3, 0.4) is 0 Å². The smallest absolute Gasteiger partial charge is 0.335 e. The third-order valence-corrected chi connectivity index (χ3v) is 4.40. The van der Waals surface area contributed by atoms with E-state index in [4.69, 9.17) is 5.11 Å². The lowest BCUT2D eigenvalue weighted by Gasteiger charge is -2.28. The SMILES string of the molecule is CCC1CCC(CNc2c(F)cc(C(=O)O)cc2F)CC1. The predicted octanol–water partition coefficient (Wildman–Crippen LogP) is 4.29. The summed E-state index contributed by atoms with van der Waals surface area (Å²) in [6, 6.07) is 1.70. The quantitative estimate of drug-likeness (QED) is 0.852. The second kappa shape index (κ2) is 6.87. The summed E-state index contributed by atoms with van der Waals surface area (Å²) in [5.41, 5.74) is -0.600. The van der Waals surface area contributed by atoms with Gasteiger partial charge >= 0.3 is 5.97 Å². The largest absolute Gasteiger partial charge is 0.478 e. The van der Waals surface area contributed by atoms with Crippen LogP contribution >= 0.6 is 0 Å². The first-order valence-electron chi connectivity index (χ1n) is 7.47. The Hall–Kier alpha value is -1.65. The molecule has 1 fully saturated rings. The zero-order valence-corrected chi connectivity index (χ0v) is 12.2. The number of hydrogen-bond donors (Lipinski definition) is 2. The van der Waals surface area contributed by atoms with Gasteiger partial charge in [0.05, 0.1) is 5.56 Å². The predicted molar refractivity (Wildman–Crippen MR) is 77.5 cm³/mol. The molecule has 0 saturated heterocycles. The Bertz CT molecular complexity index is 488. The Morgan fingerprint density at radius 3 is 2.19 bits per heavy atom. The van der Waals surface area contributed by atoms with Crippen LogP contribution in [0.1, 0.15) is 49.4 Å². The van der Waals surface area contributed by atoms with Crippen molar-refractivity contribution in [3.63, 3.8) is 0 Å². The van der Waals surface area contributed by atoms with Crippen LogP contribution in [0.15, 0.2) is 12.1 Å². The summed E-state index contributed by atoms with van der Waals surface area (Å²) < 4.78 is 27.6. The lowest BCUT2D eigenvalue weighted by molar-refractivity contribution is 0.0696. The van der Waals surface area contributed by atoms with Gasteiger partial charge in [-0.1, -0.05) is 26.2 Å². The van der Waals surface area contributed by atoms with E-state index in [2.05, 4.69) is 12.2 Å². The summed E-state index contributed by atoms with van der Waals surface area (Å²) >= 11 is 0. The molecule has 2 N–H and O–H groups in total. The number of rotatable bonds is 5. The molecule has 1 aromatic rings. The van der Waals surface area contributed by atoms with Gasteiger partial charge in [-0.25, -0.2) is 13.6 Å². The van der Waals surface area contributed by atoms with Crippen molar-refractivity contribution >= 4 is 11.7 Å². The van der Waals surface area contributed by atoms with Crippen molar-refractivity contribution in [2.24, 2.45) is 11.8 Å². The number of carboxylic acid groups (broad SMARTS) is 1. The highest BCUT2D eigenvalue weighted by atomic mass is 19.1. The average molecular weight is 297 g/mol. The number of carboxylic acids is 1. The minimum absolute atomic E-state index is 0.224. The summed E-state index contributed by atoms with van der Waals surface area (Å²) in [5.74, 6) is -1.84. The maximum atomic E-state index is 13.8. The van der Waals surface area contributed by atoms with Crippen molar-refractivity contribution < 1.29 is 18.7 Å². The van der Waals surface area contributed by atoms with E-state index < -0.39 is 17.6 Å². The second-order valence-corrected chi connectivity index (χ2v) is 5.80. The molecule has 5 heteroatoms. The second-order valence-electron chi connectivity index (χ2n) is 5.80. The molecule has 0 atom stereocenters. The molecular formula is C16H21F2NO2. The van der Waals surface area contributed by atoms with Crippen LogP contribution in [0, 0.1) is 23.5 Å². The molecule has 1 aliphatic carbocycles. The van der Waals surface area contributed by atoms with E-state index in [1.165, 1.54) is 19.3 Å². The standard InChI is InChI=1S/C16H21F2NO2/c1-2-10-3-5-11(6-4-10)9-19-15-13(17)7-12(16(20)21)8-14(15)18/h7-8,10-11,19H,2-6,9H2,1H3,(H,20,21). The van der Waals surface area contributed by atoms with E-state index in [0.29, 0.717) is 12.5 Å². The summed E-state index contributed by atoms with van der Waals surface area (Å²) in [6.07, 6.45) is 5.68. The molecule has 0 aromatic heterocycles. The van der Waals surface area contributed by atoms with Crippen LogP contribution in [0.2, 0.25) is 0 Å². The first-order valence-corrected chi connectivity index (χ1v) is 7.47. The Balaban J connectivity index is 1.96. The molecule has 0 unspecified atom stereocenters. The van der Waals surface area contributed by atoms with Crippen molar-refractivity contribution in [2.75, 3.05) is 11.9 Å². The Morgan fingerprint density at radius 1 is 1.19 bits per heavy atom. The highest BCUT2D eigenvalue weighted by Crippen LogP contribution is 2.31. The molecule has 1 aliphatic rings. The lowest BCUT2D eigenvalue weighted by Crippen LogP contribution is -2.21. The number of anilines is 1. The minimum Gasteiger partial charge on any atom is -0.478 e. The highest BCUT2D eigenvalue weighted by molar-refractivity contribution is 5.88. The molecule has 2 rings (SSSR count). The van der Waals surface area contributed by atoms with Crippen LogP contribution in [0.5, 0.6) is 0 Å². The monoisotopic (exact) mass is 297 g/mol. The maximum absolute atomic E-state index is 13.8. The van der Waals surface area contributed by atoms with Gasteiger partial charge in [-0.2, -0.15) is 0 Å². The molecular weight excluding hydrogens is 276 g/mol. The third-order valence-electron chi connectivity index (χ3n) is 4.40. The molecule has 0 spiro atoms. The van der Waals surface area contributed by atoms with E-state index in [0.717, 1.165) is 30.9 Å². The first kappa shape index (κ1) is 15.7. The molecule has 21 heavy (non-hydrogen) atoms. The topological polar surface area (TPSA) is 49.3 Å². The van der Waals surface area contributed by atoms with Crippen molar-refractivity contribution in [2.45, 2.75) is 39.0 Å². The number of aromatic carboxylic acids is 1. The van der Waals surface area contributed by atoms with Gasteiger partial charge < -0.3 is 10.4 Å². The molecule has 0 heterocycles. The van der Waals surface area contributed by atoms with E-state index >= 15 is 0 Å². The summed E-state index contributed by atoms with van der Waals surface area (Å²) in [5, 5.41) is 11.6. The van der Waals surface area contributed by atoms with Crippen LogP contribution in [0.25, 0.3) is 0 Å². The van der Waals surface area contributed by atoms with E-state index in [1.54, 1.807) is 0 Å². The maximum Gasteiger partial charge on any atom is 0.335 e. The molecule has 0 bridgehead atoms.